The van der Waals surface area contributed by atoms with Crippen LogP contribution >= 0.6 is 0 Å². The molecule has 0 atom stereocenters. The highest BCUT2D eigenvalue weighted by Gasteiger charge is 2.41. The molecule has 0 bridgehead atoms. The second-order valence-corrected chi connectivity index (χ2v) is 5.00. The molecule has 2 rings (SSSR count). The highest BCUT2D eigenvalue weighted by Crippen LogP contribution is 2.38. The van der Waals surface area contributed by atoms with Gasteiger partial charge in [-0.15, -0.1) is 0 Å². The van der Waals surface area contributed by atoms with Gasteiger partial charge in [0, 0.05) is 6.54 Å². The van der Waals surface area contributed by atoms with Crippen LogP contribution in [0.15, 0.2) is 0 Å². The first-order valence-corrected chi connectivity index (χ1v) is 6.18. The topological polar surface area (TPSA) is 52.3 Å². The fourth-order valence-electron chi connectivity index (χ4n) is 2.49. The molecule has 0 radical (unpaired) electrons. The molecule has 2 N–H and O–H groups in total. The molecule has 3 nitrogen and oxygen atoms in total. The van der Waals surface area contributed by atoms with Crippen LogP contribution in [-0.4, -0.2) is 18.6 Å². The number of hydrogen-bond acceptors (Lipinski definition) is 3. The van der Waals surface area contributed by atoms with E-state index < -0.39 is 0 Å². The minimum absolute atomic E-state index is 0.0191. The summed E-state index contributed by atoms with van der Waals surface area (Å²) in [5, 5.41) is 0. The van der Waals surface area contributed by atoms with Crippen LogP contribution in [0.4, 0.5) is 0 Å². The predicted molar refractivity (Wildman–Crippen MR) is 58.3 cm³/mol. The van der Waals surface area contributed by atoms with E-state index in [0.717, 1.165) is 38.5 Å². The summed E-state index contributed by atoms with van der Waals surface area (Å²) >= 11 is 0. The van der Waals surface area contributed by atoms with Crippen LogP contribution in [0.3, 0.4) is 0 Å². The van der Waals surface area contributed by atoms with Crippen molar-refractivity contribution >= 4 is 5.97 Å². The van der Waals surface area contributed by atoms with E-state index in [1.807, 2.05) is 0 Å². The van der Waals surface area contributed by atoms with Gasteiger partial charge in [-0.05, 0) is 32.1 Å². The van der Waals surface area contributed by atoms with Gasteiger partial charge in [0.05, 0.1) is 5.41 Å². The lowest BCUT2D eigenvalue weighted by Crippen LogP contribution is -2.43. The van der Waals surface area contributed by atoms with E-state index in [-0.39, 0.29) is 17.5 Å². The zero-order valence-corrected chi connectivity index (χ0v) is 9.34. The fraction of sp³-hybridized carbons (Fsp3) is 0.917. The number of ether oxygens (including phenoxy) is 1. The van der Waals surface area contributed by atoms with Crippen molar-refractivity contribution in [3.63, 3.8) is 0 Å². The molecule has 86 valence electrons. The summed E-state index contributed by atoms with van der Waals surface area (Å²) in [6.45, 7) is 0.457. The lowest BCUT2D eigenvalue weighted by atomic mass is 9.74. The van der Waals surface area contributed by atoms with Crippen LogP contribution in [0.25, 0.3) is 0 Å². The second-order valence-electron chi connectivity index (χ2n) is 5.00. The Bertz CT molecular complexity index is 230. The summed E-state index contributed by atoms with van der Waals surface area (Å²) in [5.74, 6) is -0.0191. The average molecular weight is 211 g/mol. The highest BCUT2D eigenvalue weighted by molar-refractivity contribution is 5.77. The SMILES string of the molecule is NCC1(C(=O)OC2CCC2)CCCCC1. The second kappa shape index (κ2) is 4.52. The third kappa shape index (κ3) is 2.17. The van der Waals surface area contributed by atoms with E-state index in [2.05, 4.69) is 0 Å². The van der Waals surface area contributed by atoms with E-state index >= 15 is 0 Å². The van der Waals surface area contributed by atoms with Crippen molar-refractivity contribution in [2.45, 2.75) is 57.5 Å². The van der Waals surface area contributed by atoms with E-state index in [0.29, 0.717) is 6.54 Å². The van der Waals surface area contributed by atoms with Crippen molar-refractivity contribution in [2.24, 2.45) is 11.1 Å². The van der Waals surface area contributed by atoms with Crippen LogP contribution in [0, 0.1) is 5.41 Å². The Labute approximate surface area is 91.4 Å². The van der Waals surface area contributed by atoms with Crippen molar-refractivity contribution in [3.05, 3.63) is 0 Å². The largest absolute Gasteiger partial charge is 0.462 e. The van der Waals surface area contributed by atoms with Gasteiger partial charge in [-0.1, -0.05) is 19.3 Å². The van der Waals surface area contributed by atoms with Crippen LogP contribution in [0.2, 0.25) is 0 Å². The van der Waals surface area contributed by atoms with Gasteiger partial charge in [-0.3, -0.25) is 4.79 Å². The number of rotatable bonds is 3. The standard InChI is InChI=1S/C12H21NO2/c13-9-12(7-2-1-3-8-12)11(14)15-10-5-4-6-10/h10H,1-9,13H2. The molecule has 0 aromatic rings. The molecule has 15 heavy (non-hydrogen) atoms. The summed E-state index contributed by atoms with van der Waals surface area (Å²) in [6.07, 6.45) is 8.82. The molecule has 0 aromatic heterocycles. The van der Waals surface area contributed by atoms with Crippen LogP contribution in [0.1, 0.15) is 51.4 Å². The molecule has 0 aliphatic heterocycles. The molecule has 3 heteroatoms. The van der Waals surface area contributed by atoms with E-state index in [4.69, 9.17) is 10.5 Å². The Hall–Kier alpha value is -0.570. The van der Waals surface area contributed by atoms with Gasteiger partial charge in [-0.2, -0.15) is 0 Å². The van der Waals surface area contributed by atoms with Crippen molar-refractivity contribution in [2.75, 3.05) is 6.54 Å². The summed E-state index contributed by atoms with van der Waals surface area (Å²) in [7, 11) is 0. The maximum absolute atomic E-state index is 12.1. The third-order valence-corrected chi connectivity index (χ3v) is 3.96. The molecular weight excluding hydrogens is 190 g/mol. The molecule has 0 saturated heterocycles. The van der Waals surface area contributed by atoms with Gasteiger partial charge < -0.3 is 10.5 Å². The molecule has 0 spiro atoms. The smallest absolute Gasteiger partial charge is 0.313 e. The van der Waals surface area contributed by atoms with Crippen LogP contribution in [-0.2, 0) is 9.53 Å². The molecule has 2 aliphatic rings. The Kier molecular flexibility index (Phi) is 3.29. The first kappa shape index (κ1) is 10.9. The van der Waals surface area contributed by atoms with Gasteiger partial charge in [0.1, 0.15) is 6.10 Å². The first-order valence-electron chi connectivity index (χ1n) is 6.18. The number of hydrogen-bond donors (Lipinski definition) is 1. The van der Waals surface area contributed by atoms with Crippen molar-refractivity contribution < 1.29 is 9.53 Å². The molecule has 0 amide bonds. The fourth-order valence-corrected chi connectivity index (χ4v) is 2.49. The highest BCUT2D eigenvalue weighted by atomic mass is 16.5. The number of esters is 1. The van der Waals surface area contributed by atoms with Gasteiger partial charge in [0.15, 0.2) is 0 Å². The summed E-state index contributed by atoms with van der Waals surface area (Å²) < 4.78 is 5.50. The van der Waals surface area contributed by atoms with E-state index in [1.54, 1.807) is 0 Å². The molecular formula is C12H21NO2. The van der Waals surface area contributed by atoms with Crippen molar-refractivity contribution in [3.8, 4) is 0 Å². The Morgan fingerprint density at radius 3 is 2.33 bits per heavy atom. The first-order chi connectivity index (χ1) is 7.27. The van der Waals surface area contributed by atoms with Crippen molar-refractivity contribution in [1.82, 2.24) is 0 Å². The van der Waals surface area contributed by atoms with E-state index in [1.165, 1.54) is 12.8 Å². The molecule has 0 heterocycles. The minimum Gasteiger partial charge on any atom is -0.462 e. The molecule has 0 aromatic carbocycles. The lowest BCUT2D eigenvalue weighted by molar-refractivity contribution is -0.167. The molecule has 0 unspecified atom stereocenters. The molecule has 2 saturated carbocycles. The Morgan fingerprint density at radius 2 is 1.87 bits per heavy atom. The monoisotopic (exact) mass is 211 g/mol. The predicted octanol–water partition coefficient (Wildman–Crippen LogP) is 1.99. The normalized spacial score (nSPS) is 25.7. The molecule has 2 aliphatic carbocycles. The van der Waals surface area contributed by atoms with Crippen LogP contribution in [0.5, 0.6) is 0 Å². The lowest BCUT2D eigenvalue weighted by Gasteiger charge is -2.36. The Morgan fingerprint density at radius 1 is 1.20 bits per heavy atom. The van der Waals surface area contributed by atoms with Gasteiger partial charge in [0.2, 0.25) is 0 Å². The van der Waals surface area contributed by atoms with Crippen LogP contribution < -0.4 is 5.73 Å². The van der Waals surface area contributed by atoms with Gasteiger partial charge in [0.25, 0.3) is 0 Å². The van der Waals surface area contributed by atoms with Crippen molar-refractivity contribution in [1.29, 1.82) is 0 Å². The van der Waals surface area contributed by atoms with E-state index in [9.17, 15) is 4.79 Å². The zero-order valence-electron chi connectivity index (χ0n) is 9.34. The molecule has 2 fully saturated rings. The number of carbonyl (C=O) groups is 1. The average Bonchev–Trinajstić information content (AvgIpc) is 2.24. The summed E-state index contributed by atoms with van der Waals surface area (Å²) in [6, 6.07) is 0. The minimum atomic E-state index is -0.339. The third-order valence-electron chi connectivity index (χ3n) is 3.96. The maximum Gasteiger partial charge on any atom is 0.313 e. The summed E-state index contributed by atoms with van der Waals surface area (Å²) in [4.78, 5) is 12.1. The number of carbonyl (C=O) groups excluding carboxylic acids is 1. The summed E-state index contributed by atoms with van der Waals surface area (Å²) in [5.41, 5.74) is 5.43. The van der Waals surface area contributed by atoms with Gasteiger partial charge >= 0.3 is 5.97 Å². The maximum atomic E-state index is 12.1. The number of nitrogens with two attached hydrogens (primary N) is 1. The zero-order chi connectivity index (χ0) is 10.7. The Balaban J connectivity index is 1.93. The quantitative estimate of drug-likeness (QED) is 0.726. The van der Waals surface area contributed by atoms with Gasteiger partial charge in [-0.25, -0.2) is 0 Å².